The molecule has 156 valence electrons. The zero-order chi connectivity index (χ0) is 21.9. The maximum Gasteiger partial charge on any atom is 0.322 e. The molecule has 1 aliphatic rings. The van der Waals surface area contributed by atoms with E-state index in [1.54, 1.807) is 49.4 Å². The van der Waals surface area contributed by atoms with Crippen LogP contribution in [0.25, 0.3) is 0 Å². The summed E-state index contributed by atoms with van der Waals surface area (Å²) in [6.45, 7) is 1.60. The third-order valence-electron chi connectivity index (χ3n) is 4.75. The summed E-state index contributed by atoms with van der Waals surface area (Å²) in [5.74, 6) is -0.779. The Morgan fingerprint density at radius 1 is 1.17 bits per heavy atom. The van der Waals surface area contributed by atoms with Crippen LogP contribution in [0.3, 0.4) is 0 Å². The van der Waals surface area contributed by atoms with Gasteiger partial charge in [0.05, 0.1) is 12.5 Å². The quantitative estimate of drug-likeness (QED) is 0.410. The van der Waals surface area contributed by atoms with E-state index in [9.17, 15) is 19.2 Å². The highest BCUT2D eigenvalue weighted by Gasteiger charge is 2.43. The van der Waals surface area contributed by atoms with Crippen molar-refractivity contribution in [3.63, 3.8) is 0 Å². The van der Waals surface area contributed by atoms with E-state index in [0.29, 0.717) is 11.3 Å². The first-order chi connectivity index (χ1) is 14.2. The summed E-state index contributed by atoms with van der Waals surface area (Å²) in [6, 6.07) is 11.9. The van der Waals surface area contributed by atoms with Crippen molar-refractivity contribution in [3.05, 3.63) is 64.1 Å². The fourth-order valence-corrected chi connectivity index (χ4v) is 3.59. The summed E-state index contributed by atoms with van der Waals surface area (Å²) in [7, 11) is 0. The lowest BCUT2D eigenvalue weighted by Gasteiger charge is -2.21. The molecule has 6 amide bonds. The van der Waals surface area contributed by atoms with Crippen molar-refractivity contribution < 1.29 is 19.2 Å². The summed E-state index contributed by atoms with van der Waals surface area (Å²) in [4.78, 5) is 47.3. The molecule has 0 aromatic heterocycles. The average Bonchev–Trinajstić information content (AvgIpc) is 2.94. The summed E-state index contributed by atoms with van der Waals surface area (Å²) in [5, 5.41) is 10.1. The number of carbonyl (C=O) groups is 4. The van der Waals surface area contributed by atoms with Crippen molar-refractivity contribution in [2.45, 2.75) is 24.9 Å². The highest BCUT2D eigenvalue weighted by Crippen LogP contribution is 2.26. The minimum atomic E-state index is -1.17. The molecular weight excluding hydrogens is 454 g/mol. The second kappa shape index (κ2) is 8.54. The lowest BCUT2D eigenvalue weighted by Crippen LogP contribution is -2.40. The Balaban J connectivity index is 1.69. The Morgan fingerprint density at radius 3 is 2.43 bits per heavy atom. The molecule has 1 saturated heterocycles. The molecule has 0 saturated carbocycles. The molecule has 30 heavy (non-hydrogen) atoms. The molecular formula is C20H20BrN5O4. The topological polar surface area (TPSA) is 142 Å². The van der Waals surface area contributed by atoms with Crippen LogP contribution < -0.4 is 27.0 Å². The maximum atomic E-state index is 12.5. The third kappa shape index (κ3) is 4.77. The maximum absolute atomic E-state index is 12.5. The number of hydrogen-bond acceptors (Lipinski definition) is 4. The molecule has 0 aliphatic carbocycles. The van der Waals surface area contributed by atoms with Gasteiger partial charge in [0.1, 0.15) is 5.54 Å². The van der Waals surface area contributed by atoms with Crippen LogP contribution in [0.15, 0.2) is 53.0 Å². The summed E-state index contributed by atoms with van der Waals surface area (Å²) >= 11 is 3.36. The Hall–Kier alpha value is -3.40. The molecule has 1 aliphatic heterocycles. The van der Waals surface area contributed by atoms with Gasteiger partial charge in [-0.05, 0) is 42.3 Å². The van der Waals surface area contributed by atoms with Gasteiger partial charge in [0.15, 0.2) is 0 Å². The minimum Gasteiger partial charge on any atom is -0.352 e. The predicted molar refractivity (Wildman–Crippen MR) is 113 cm³/mol. The largest absolute Gasteiger partial charge is 0.352 e. The molecule has 9 nitrogen and oxygen atoms in total. The summed E-state index contributed by atoms with van der Waals surface area (Å²) in [6.07, 6.45) is -0.0304. The van der Waals surface area contributed by atoms with E-state index < -0.39 is 29.6 Å². The first-order valence-corrected chi connectivity index (χ1v) is 9.82. The third-order valence-corrected chi connectivity index (χ3v) is 5.24. The van der Waals surface area contributed by atoms with E-state index in [0.717, 1.165) is 10.0 Å². The number of amides is 6. The number of carbonyl (C=O) groups excluding carboxylic acids is 4. The van der Waals surface area contributed by atoms with Gasteiger partial charge in [0.2, 0.25) is 5.91 Å². The molecule has 0 spiro atoms. The van der Waals surface area contributed by atoms with Crippen molar-refractivity contribution >= 4 is 45.5 Å². The lowest BCUT2D eigenvalue weighted by atomic mass is 9.92. The van der Waals surface area contributed by atoms with Crippen LogP contribution in [-0.2, 0) is 15.1 Å². The van der Waals surface area contributed by atoms with Gasteiger partial charge in [-0.3, -0.25) is 14.9 Å². The van der Waals surface area contributed by atoms with Crippen molar-refractivity contribution in [3.8, 4) is 0 Å². The molecule has 1 heterocycles. The van der Waals surface area contributed by atoms with Crippen LogP contribution in [0, 0.1) is 0 Å². The van der Waals surface area contributed by atoms with Crippen molar-refractivity contribution in [1.82, 2.24) is 16.0 Å². The van der Waals surface area contributed by atoms with Crippen molar-refractivity contribution in [2.24, 2.45) is 5.73 Å². The fourth-order valence-electron chi connectivity index (χ4n) is 3.18. The summed E-state index contributed by atoms with van der Waals surface area (Å²) < 4.78 is 0.809. The molecule has 0 bridgehead atoms. The number of rotatable bonds is 6. The van der Waals surface area contributed by atoms with Gasteiger partial charge < -0.3 is 21.7 Å². The number of primary amides is 1. The number of benzene rings is 2. The second-order valence-electron chi connectivity index (χ2n) is 6.98. The van der Waals surface area contributed by atoms with Gasteiger partial charge >= 0.3 is 12.1 Å². The van der Waals surface area contributed by atoms with Crippen LogP contribution in [0.5, 0.6) is 0 Å². The normalized spacial score (nSPS) is 18.9. The number of anilines is 1. The van der Waals surface area contributed by atoms with Gasteiger partial charge in [0, 0.05) is 10.2 Å². The van der Waals surface area contributed by atoms with Gasteiger partial charge in [-0.2, -0.15) is 0 Å². The predicted octanol–water partition coefficient (Wildman–Crippen LogP) is 2.24. The van der Waals surface area contributed by atoms with Crippen LogP contribution in [0.4, 0.5) is 15.3 Å². The van der Waals surface area contributed by atoms with Gasteiger partial charge in [0.25, 0.3) is 5.91 Å². The Labute approximate surface area is 180 Å². The lowest BCUT2D eigenvalue weighted by molar-refractivity contribution is -0.123. The van der Waals surface area contributed by atoms with Gasteiger partial charge in [-0.25, -0.2) is 9.59 Å². The number of hydrogen-bond donors (Lipinski definition) is 5. The van der Waals surface area contributed by atoms with Gasteiger partial charge in [-0.15, -0.1) is 0 Å². The molecule has 2 atom stereocenters. The number of urea groups is 2. The Morgan fingerprint density at radius 2 is 1.87 bits per heavy atom. The number of halogens is 1. The smallest absolute Gasteiger partial charge is 0.322 e. The first-order valence-electron chi connectivity index (χ1n) is 9.03. The average molecular weight is 474 g/mol. The number of nitrogens with one attached hydrogen (secondary N) is 4. The van der Waals surface area contributed by atoms with Crippen molar-refractivity contribution in [1.29, 1.82) is 0 Å². The minimum absolute atomic E-state index is 0.0304. The Bertz CT molecular complexity index is 1010. The van der Waals surface area contributed by atoms with E-state index in [2.05, 4.69) is 37.2 Å². The molecule has 1 fully saturated rings. The zero-order valence-corrected chi connectivity index (χ0v) is 17.6. The van der Waals surface area contributed by atoms with E-state index in [4.69, 9.17) is 5.73 Å². The Kier molecular flexibility index (Phi) is 6.06. The van der Waals surface area contributed by atoms with Crippen molar-refractivity contribution in [2.75, 3.05) is 5.32 Å². The standard InChI is InChI=1S/C20H20BrN5O4/c1-20(17(28)25-19(30)26-20)12-5-7-14(8-6-12)23-16(27)10-15(24-18(22)29)11-3-2-4-13(21)9-11/h2-9,15H,10H2,1H3,(H,23,27)(H3,22,24,29)(H2,25,26,28,30)/t15-,20+/m1/s1. The highest BCUT2D eigenvalue weighted by atomic mass is 79.9. The number of nitrogens with two attached hydrogens (primary N) is 1. The highest BCUT2D eigenvalue weighted by molar-refractivity contribution is 9.10. The number of imide groups is 1. The molecule has 0 radical (unpaired) electrons. The fraction of sp³-hybridized carbons (Fsp3) is 0.200. The van der Waals surface area contributed by atoms with Crippen LogP contribution >= 0.6 is 15.9 Å². The second-order valence-corrected chi connectivity index (χ2v) is 7.89. The molecule has 0 unspecified atom stereocenters. The summed E-state index contributed by atoms with van der Waals surface area (Å²) in [5.41, 5.74) is 5.89. The zero-order valence-electron chi connectivity index (χ0n) is 16.0. The van der Waals surface area contributed by atoms with Crippen LogP contribution in [0.2, 0.25) is 0 Å². The SMILES string of the molecule is C[C@@]1(c2ccc(NC(=O)C[C@@H](NC(N)=O)c3cccc(Br)c3)cc2)NC(=O)NC1=O. The monoisotopic (exact) mass is 473 g/mol. The van der Waals surface area contributed by atoms with Gasteiger partial charge in [-0.1, -0.05) is 40.2 Å². The molecule has 6 N–H and O–H groups in total. The van der Waals surface area contributed by atoms with E-state index in [1.807, 2.05) is 6.07 Å². The van der Waals surface area contributed by atoms with Crippen LogP contribution in [-0.4, -0.2) is 23.9 Å². The first kappa shape index (κ1) is 21.3. The van der Waals surface area contributed by atoms with E-state index >= 15 is 0 Å². The molecule has 2 aromatic carbocycles. The molecule has 3 rings (SSSR count). The molecule has 10 heteroatoms. The van der Waals surface area contributed by atoms with E-state index in [-0.39, 0.29) is 12.3 Å². The van der Waals surface area contributed by atoms with E-state index in [1.165, 1.54) is 0 Å². The van der Waals surface area contributed by atoms with Crippen LogP contribution in [0.1, 0.15) is 30.5 Å². The molecule has 2 aromatic rings.